The Balaban J connectivity index is 1.88. The first-order chi connectivity index (χ1) is 9.62. The highest BCUT2D eigenvalue weighted by molar-refractivity contribution is 7.89. The maximum Gasteiger partial charge on any atom is 0.214 e. The molecule has 2 aliphatic rings. The van der Waals surface area contributed by atoms with Crippen molar-refractivity contribution >= 4 is 10.0 Å². The monoisotopic (exact) mass is 304 g/mol. The van der Waals surface area contributed by atoms with Gasteiger partial charge in [0.1, 0.15) is 0 Å². The molecule has 0 bridgehead atoms. The fourth-order valence-corrected chi connectivity index (χ4v) is 5.25. The predicted molar refractivity (Wildman–Crippen MR) is 80.1 cm³/mol. The second-order valence-corrected chi connectivity index (χ2v) is 8.11. The van der Waals surface area contributed by atoms with Crippen LogP contribution >= 0.6 is 0 Å². The van der Waals surface area contributed by atoms with Crippen molar-refractivity contribution in [2.45, 2.75) is 38.5 Å². The Morgan fingerprint density at radius 1 is 0.950 bits per heavy atom. The molecule has 5 nitrogen and oxygen atoms in total. The van der Waals surface area contributed by atoms with Crippen LogP contribution in [0.25, 0.3) is 0 Å². The lowest BCUT2D eigenvalue weighted by molar-refractivity contribution is 0.202. The second kappa shape index (κ2) is 7.73. The van der Waals surface area contributed by atoms with E-state index in [2.05, 4.69) is 4.90 Å². The Morgan fingerprint density at radius 3 is 2.40 bits per heavy atom. The molecule has 0 unspecified atom stereocenters. The van der Waals surface area contributed by atoms with Gasteiger partial charge in [0.25, 0.3) is 0 Å². The number of nitrogens with zero attached hydrogens (tertiary/aromatic N) is 2. The summed E-state index contributed by atoms with van der Waals surface area (Å²) in [4.78, 5) is 2.15. The highest BCUT2D eigenvalue weighted by Crippen LogP contribution is 2.26. The Bertz CT molecular complexity index is 380. The molecule has 0 aromatic rings. The predicted octanol–water partition coefficient (Wildman–Crippen LogP) is 0.896. The van der Waals surface area contributed by atoms with Crippen LogP contribution in [0.4, 0.5) is 0 Å². The zero-order valence-electron chi connectivity index (χ0n) is 12.3. The van der Waals surface area contributed by atoms with Gasteiger partial charge in [-0.25, -0.2) is 12.7 Å². The first-order valence-corrected chi connectivity index (χ1v) is 9.54. The summed E-state index contributed by atoms with van der Waals surface area (Å²) in [6.45, 7) is 3.64. The third-order valence-electron chi connectivity index (χ3n) is 4.53. The van der Waals surface area contributed by atoms with Gasteiger partial charge in [0.2, 0.25) is 10.0 Å². The van der Waals surface area contributed by atoms with E-state index >= 15 is 0 Å². The maximum atomic E-state index is 12.5. The van der Waals surface area contributed by atoms with Gasteiger partial charge in [-0.1, -0.05) is 19.3 Å². The molecule has 1 heterocycles. The molecule has 1 aliphatic carbocycles. The van der Waals surface area contributed by atoms with Gasteiger partial charge in [0.15, 0.2) is 0 Å². The average Bonchev–Trinajstić information content (AvgIpc) is 2.66. The fraction of sp³-hybridized carbons (Fsp3) is 1.00. The summed E-state index contributed by atoms with van der Waals surface area (Å²) in [5, 5.41) is 8.98. The number of sulfonamides is 1. The number of hydrogen-bond acceptors (Lipinski definition) is 4. The lowest BCUT2D eigenvalue weighted by Crippen LogP contribution is -2.38. The van der Waals surface area contributed by atoms with Gasteiger partial charge in [-0.2, -0.15) is 0 Å². The molecule has 1 saturated heterocycles. The van der Waals surface area contributed by atoms with Crippen molar-refractivity contribution in [3.63, 3.8) is 0 Å². The first kappa shape index (κ1) is 16.2. The standard InChI is InChI=1S/C14H28N2O3S/c17-12-11-15-7-4-8-16(10-9-15)20(18,19)13-14-5-2-1-3-6-14/h14,17H,1-13H2. The molecule has 1 aliphatic heterocycles. The Hall–Kier alpha value is -0.170. The van der Waals surface area contributed by atoms with Gasteiger partial charge in [0, 0.05) is 26.2 Å². The average molecular weight is 304 g/mol. The molecule has 0 amide bonds. The largest absolute Gasteiger partial charge is 0.395 e. The van der Waals surface area contributed by atoms with E-state index in [9.17, 15) is 8.42 Å². The minimum absolute atomic E-state index is 0.148. The van der Waals surface area contributed by atoms with E-state index in [1.165, 1.54) is 19.3 Å². The molecular formula is C14H28N2O3S. The number of aliphatic hydroxyl groups excluding tert-OH is 1. The van der Waals surface area contributed by atoms with Crippen molar-refractivity contribution in [3.05, 3.63) is 0 Å². The molecule has 0 aromatic carbocycles. The van der Waals surface area contributed by atoms with Crippen molar-refractivity contribution in [1.82, 2.24) is 9.21 Å². The summed E-state index contributed by atoms with van der Waals surface area (Å²) < 4.78 is 26.7. The van der Waals surface area contributed by atoms with Crippen molar-refractivity contribution in [2.75, 3.05) is 45.1 Å². The number of rotatable bonds is 5. The van der Waals surface area contributed by atoms with Crippen LogP contribution in [0.5, 0.6) is 0 Å². The van der Waals surface area contributed by atoms with Crippen LogP contribution in [0.15, 0.2) is 0 Å². The smallest absolute Gasteiger partial charge is 0.214 e. The van der Waals surface area contributed by atoms with Gasteiger partial charge in [-0.3, -0.25) is 4.90 Å². The third kappa shape index (κ3) is 4.69. The van der Waals surface area contributed by atoms with Crippen LogP contribution < -0.4 is 0 Å². The summed E-state index contributed by atoms with van der Waals surface area (Å²) in [5.74, 6) is 0.707. The normalized spacial score (nSPS) is 24.6. The molecule has 1 N–H and O–H groups in total. The molecule has 0 radical (unpaired) electrons. The van der Waals surface area contributed by atoms with E-state index in [1.807, 2.05) is 0 Å². The summed E-state index contributed by atoms with van der Waals surface area (Å²) in [6.07, 6.45) is 6.64. The number of β-amino-alcohol motifs (C(OH)–C–C–N with tert-alkyl or cyclic N) is 1. The highest BCUT2D eigenvalue weighted by Gasteiger charge is 2.28. The molecule has 20 heavy (non-hydrogen) atoms. The number of aliphatic hydroxyl groups is 1. The third-order valence-corrected chi connectivity index (χ3v) is 6.57. The van der Waals surface area contributed by atoms with Crippen LogP contribution in [-0.4, -0.2) is 67.8 Å². The zero-order chi connectivity index (χ0) is 14.4. The van der Waals surface area contributed by atoms with E-state index < -0.39 is 10.0 Å². The van der Waals surface area contributed by atoms with Crippen LogP contribution in [0, 0.1) is 5.92 Å². The molecule has 1 saturated carbocycles. The van der Waals surface area contributed by atoms with Gasteiger partial charge >= 0.3 is 0 Å². The van der Waals surface area contributed by atoms with Crippen LogP contribution in [0.1, 0.15) is 38.5 Å². The van der Waals surface area contributed by atoms with Crippen LogP contribution in [-0.2, 0) is 10.0 Å². The van der Waals surface area contributed by atoms with Crippen LogP contribution in [0.3, 0.4) is 0 Å². The van der Waals surface area contributed by atoms with Crippen molar-refractivity contribution in [1.29, 1.82) is 0 Å². The second-order valence-electron chi connectivity index (χ2n) is 6.10. The Kier molecular flexibility index (Phi) is 6.26. The van der Waals surface area contributed by atoms with E-state index in [4.69, 9.17) is 5.11 Å². The summed E-state index contributed by atoms with van der Waals surface area (Å²) >= 11 is 0. The molecule has 2 fully saturated rings. The van der Waals surface area contributed by atoms with Crippen molar-refractivity contribution in [3.8, 4) is 0 Å². The molecule has 118 valence electrons. The minimum Gasteiger partial charge on any atom is -0.395 e. The van der Waals surface area contributed by atoms with E-state index in [0.29, 0.717) is 31.3 Å². The molecule has 0 aromatic heterocycles. The first-order valence-electron chi connectivity index (χ1n) is 7.93. The van der Waals surface area contributed by atoms with E-state index in [1.54, 1.807) is 4.31 Å². The molecule has 2 rings (SSSR count). The van der Waals surface area contributed by atoms with Crippen molar-refractivity contribution in [2.24, 2.45) is 5.92 Å². The lowest BCUT2D eigenvalue weighted by Gasteiger charge is -2.26. The minimum atomic E-state index is -3.10. The Labute approximate surface area is 123 Å². The summed E-state index contributed by atoms with van der Waals surface area (Å²) in [7, 11) is -3.10. The summed E-state index contributed by atoms with van der Waals surface area (Å²) in [5.41, 5.74) is 0. The van der Waals surface area contributed by atoms with E-state index in [-0.39, 0.29) is 6.61 Å². The molecule has 6 heteroatoms. The van der Waals surface area contributed by atoms with Gasteiger partial charge in [-0.05, 0) is 31.7 Å². The molecule has 0 spiro atoms. The topological polar surface area (TPSA) is 60.9 Å². The van der Waals surface area contributed by atoms with Gasteiger partial charge in [-0.15, -0.1) is 0 Å². The zero-order valence-corrected chi connectivity index (χ0v) is 13.2. The van der Waals surface area contributed by atoms with Gasteiger partial charge in [0.05, 0.1) is 12.4 Å². The quantitative estimate of drug-likeness (QED) is 0.820. The van der Waals surface area contributed by atoms with Crippen LogP contribution in [0.2, 0.25) is 0 Å². The number of hydrogen-bond donors (Lipinski definition) is 1. The maximum absolute atomic E-state index is 12.5. The summed E-state index contributed by atoms with van der Waals surface area (Å²) in [6, 6.07) is 0. The van der Waals surface area contributed by atoms with Gasteiger partial charge < -0.3 is 5.11 Å². The molecular weight excluding hydrogens is 276 g/mol. The fourth-order valence-electron chi connectivity index (χ4n) is 3.35. The lowest BCUT2D eigenvalue weighted by atomic mass is 9.91. The highest BCUT2D eigenvalue weighted by atomic mass is 32.2. The Morgan fingerprint density at radius 2 is 1.70 bits per heavy atom. The van der Waals surface area contributed by atoms with E-state index in [0.717, 1.165) is 32.4 Å². The SMILES string of the molecule is O=S(=O)(CC1CCCCC1)N1CCCN(CCO)CC1. The molecule has 0 atom stereocenters. The van der Waals surface area contributed by atoms with Crippen molar-refractivity contribution < 1.29 is 13.5 Å².